The zero-order chi connectivity index (χ0) is 14.6. The molecule has 114 valence electrons. The smallest absolute Gasteiger partial charge is 0.243 e. The number of nitrogens with zero attached hydrogens (tertiary/aromatic N) is 1. The molecule has 1 saturated heterocycles. The van der Waals surface area contributed by atoms with Crippen molar-refractivity contribution in [3.05, 3.63) is 29.3 Å². The third-order valence-electron chi connectivity index (χ3n) is 5.59. The standard InChI is InChI=1S/C16H22N2O2S/c17-16-7-5-13-9-18(10-15(13)16)21(19,20)14-6-4-11-2-1-3-12(11)8-14/h4,6,8,13,15-16H,1-3,5,7,9-10,17H2. The first-order valence-electron chi connectivity index (χ1n) is 7.93. The van der Waals surface area contributed by atoms with Gasteiger partial charge < -0.3 is 5.73 Å². The molecule has 21 heavy (non-hydrogen) atoms. The molecule has 3 unspecified atom stereocenters. The highest BCUT2D eigenvalue weighted by atomic mass is 32.2. The van der Waals surface area contributed by atoms with Gasteiger partial charge in [-0.3, -0.25) is 0 Å². The molecule has 1 aliphatic heterocycles. The van der Waals surface area contributed by atoms with Gasteiger partial charge in [0.2, 0.25) is 10.0 Å². The van der Waals surface area contributed by atoms with Crippen molar-refractivity contribution in [1.82, 2.24) is 4.31 Å². The molecule has 1 aromatic rings. The van der Waals surface area contributed by atoms with Gasteiger partial charge >= 0.3 is 0 Å². The van der Waals surface area contributed by atoms with Gasteiger partial charge in [-0.1, -0.05) is 6.07 Å². The van der Waals surface area contributed by atoms with E-state index in [-0.39, 0.29) is 6.04 Å². The number of nitrogens with two attached hydrogens (primary N) is 1. The average molecular weight is 306 g/mol. The van der Waals surface area contributed by atoms with Crippen LogP contribution < -0.4 is 5.73 Å². The van der Waals surface area contributed by atoms with Crippen LogP contribution in [-0.2, 0) is 22.9 Å². The predicted molar refractivity (Wildman–Crippen MR) is 81.4 cm³/mol. The summed E-state index contributed by atoms with van der Waals surface area (Å²) in [5.41, 5.74) is 8.65. The van der Waals surface area contributed by atoms with E-state index in [9.17, 15) is 8.42 Å². The summed E-state index contributed by atoms with van der Waals surface area (Å²) in [5, 5.41) is 0. The largest absolute Gasteiger partial charge is 0.327 e. The number of hydrogen-bond acceptors (Lipinski definition) is 3. The first kappa shape index (κ1) is 13.7. The highest BCUT2D eigenvalue weighted by Gasteiger charge is 2.45. The SMILES string of the molecule is NC1CCC2CN(S(=O)(=O)c3ccc4c(c3)CCC4)CC12. The minimum Gasteiger partial charge on any atom is -0.327 e. The average Bonchev–Trinajstić information content (AvgIpc) is 3.15. The summed E-state index contributed by atoms with van der Waals surface area (Å²) in [7, 11) is -3.35. The summed E-state index contributed by atoms with van der Waals surface area (Å²) in [6.07, 6.45) is 5.35. The molecule has 4 rings (SSSR count). The van der Waals surface area contributed by atoms with E-state index in [0.29, 0.717) is 29.8 Å². The molecule has 1 heterocycles. The molecule has 0 radical (unpaired) electrons. The minimum atomic E-state index is -3.35. The van der Waals surface area contributed by atoms with Crippen molar-refractivity contribution in [2.45, 2.75) is 43.0 Å². The van der Waals surface area contributed by atoms with Gasteiger partial charge in [0.25, 0.3) is 0 Å². The van der Waals surface area contributed by atoms with Crippen LogP contribution in [0.2, 0.25) is 0 Å². The zero-order valence-electron chi connectivity index (χ0n) is 12.2. The Morgan fingerprint density at radius 2 is 1.90 bits per heavy atom. The molecule has 0 aromatic heterocycles. The van der Waals surface area contributed by atoms with Crippen LogP contribution in [0.4, 0.5) is 0 Å². The Labute approximate surface area is 126 Å². The molecule has 1 aromatic carbocycles. The van der Waals surface area contributed by atoms with Gasteiger partial charge in [-0.2, -0.15) is 4.31 Å². The molecule has 0 amide bonds. The van der Waals surface area contributed by atoms with Crippen molar-refractivity contribution in [3.8, 4) is 0 Å². The molecule has 0 bridgehead atoms. The number of aryl methyl sites for hydroxylation is 2. The van der Waals surface area contributed by atoms with Crippen molar-refractivity contribution in [2.75, 3.05) is 13.1 Å². The molecular weight excluding hydrogens is 284 g/mol. The van der Waals surface area contributed by atoms with E-state index in [1.807, 2.05) is 12.1 Å². The number of hydrogen-bond donors (Lipinski definition) is 1. The van der Waals surface area contributed by atoms with Gasteiger partial charge in [-0.05, 0) is 67.2 Å². The maximum absolute atomic E-state index is 12.9. The van der Waals surface area contributed by atoms with Gasteiger partial charge in [-0.25, -0.2) is 8.42 Å². The molecule has 1 saturated carbocycles. The van der Waals surface area contributed by atoms with E-state index in [1.165, 1.54) is 11.1 Å². The lowest BCUT2D eigenvalue weighted by Crippen LogP contribution is -2.33. The lowest BCUT2D eigenvalue weighted by Gasteiger charge is -2.19. The summed E-state index contributed by atoms with van der Waals surface area (Å²) in [4.78, 5) is 0.469. The zero-order valence-corrected chi connectivity index (χ0v) is 13.0. The van der Waals surface area contributed by atoms with Gasteiger partial charge in [0.1, 0.15) is 0 Å². The van der Waals surface area contributed by atoms with Crippen molar-refractivity contribution in [2.24, 2.45) is 17.6 Å². The molecule has 2 aliphatic carbocycles. The van der Waals surface area contributed by atoms with E-state index in [2.05, 4.69) is 0 Å². The van der Waals surface area contributed by atoms with Crippen molar-refractivity contribution in [3.63, 3.8) is 0 Å². The normalized spacial score (nSPS) is 32.3. The maximum atomic E-state index is 12.9. The number of rotatable bonds is 2. The fraction of sp³-hybridized carbons (Fsp3) is 0.625. The van der Waals surface area contributed by atoms with Crippen LogP contribution in [0.15, 0.2) is 23.1 Å². The quantitative estimate of drug-likeness (QED) is 0.901. The van der Waals surface area contributed by atoms with E-state index in [0.717, 1.165) is 32.1 Å². The van der Waals surface area contributed by atoms with Crippen LogP contribution in [0, 0.1) is 11.8 Å². The second kappa shape index (κ2) is 4.80. The lowest BCUT2D eigenvalue weighted by molar-refractivity contribution is 0.427. The first-order valence-corrected chi connectivity index (χ1v) is 9.37. The van der Waals surface area contributed by atoms with Crippen molar-refractivity contribution < 1.29 is 8.42 Å². The van der Waals surface area contributed by atoms with Gasteiger partial charge in [0, 0.05) is 19.1 Å². The van der Waals surface area contributed by atoms with Crippen LogP contribution >= 0.6 is 0 Å². The van der Waals surface area contributed by atoms with Gasteiger partial charge in [0.15, 0.2) is 0 Å². The molecular formula is C16H22N2O2S. The van der Waals surface area contributed by atoms with E-state index >= 15 is 0 Å². The highest BCUT2D eigenvalue weighted by molar-refractivity contribution is 7.89. The van der Waals surface area contributed by atoms with Gasteiger partial charge in [0.05, 0.1) is 4.90 Å². The van der Waals surface area contributed by atoms with Crippen molar-refractivity contribution in [1.29, 1.82) is 0 Å². The fourth-order valence-electron chi connectivity index (χ4n) is 4.32. The molecule has 0 spiro atoms. The summed E-state index contributed by atoms with van der Waals surface area (Å²) in [5.74, 6) is 0.818. The monoisotopic (exact) mass is 306 g/mol. The lowest BCUT2D eigenvalue weighted by atomic mass is 9.98. The van der Waals surface area contributed by atoms with Crippen LogP contribution in [0.1, 0.15) is 30.4 Å². The fourth-order valence-corrected chi connectivity index (χ4v) is 5.91. The summed E-state index contributed by atoms with van der Waals surface area (Å²) in [6.45, 7) is 1.25. The third-order valence-corrected chi connectivity index (χ3v) is 7.41. The minimum absolute atomic E-state index is 0.176. The van der Waals surface area contributed by atoms with E-state index < -0.39 is 10.0 Å². The maximum Gasteiger partial charge on any atom is 0.243 e. The number of sulfonamides is 1. The van der Waals surface area contributed by atoms with Crippen LogP contribution in [0.5, 0.6) is 0 Å². The van der Waals surface area contributed by atoms with Gasteiger partial charge in [-0.15, -0.1) is 0 Å². The summed E-state index contributed by atoms with van der Waals surface area (Å²) >= 11 is 0. The number of fused-ring (bicyclic) bond motifs is 2. The van der Waals surface area contributed by atoms with E-state index in [1.54, 1.807) is 10.4 Å². The summed E-state index contributed by atoms with van der Waals surface area (Å²) in [6, 6.07) is 5.85. The highest BCUT2D eigenvalue weighted by Crippen LogP contribution is 2.39. The third kappa shape index (κ3) is 2.14. The molecule has 5 heteroatoms. The molecule has 3 aliphatic rings. The molecule has 2 fully saturated rings. The predicted octanol–water partition coefficient (Wildman–Crippen LogP) is 1.53. The topological polar surface area (TPSA) is 63.4 Å². The Kier molecular flexibility index (Phi) is 3.14. The Hall–Kier alpha value is -0.910. The first-order chi connectivity index (χ1) is 10.1. The Bertz CT molecular complexity index is 671. The summed E-state index contributed by atoms with van der Waals surface area (Å²) < 4.78 is 27.4. The molecule has 3 atom stereocenters. The molecule has 2 N–H and O–H groups in total. The van der Waals surface area contributed by atoms with E-state index in [4.69, 9.17) is 5.73 Å². The second-order valence-electron chi connectivity index (χ2n) is 6.77. The Morgan fingerprint density at radius 1 is 1.10 bits per heavy atom. The van der Waals surface area contributed by atoms with Crippen LogP contribution in [-0.4, -0.2) is 31.9 Å². The Morgan fingerprint density at radius 3 is 2.71 bits per heavy atom. The van der Waals surface area contributed by atoms with Crippen LogP contribution in [0.3, 0.4) is 0 Å². The second-order valence-corrected chi connectivity index (χ2v) is 8.71. The molecule has 4 nitrogen and oxygen atoms in total. The van der Waals surface area contributed by atoms with Crippen LogP contribution in [0.25, 0.3) is 0 Å². The number of benzene rings is 1. The Balaban J connectivity index is 1.62. The van der Waals surface area contributed by atoms with Crippen molar-refractivity contribution >= 4 is 10.0 Å².